The summed E-state index contributed by atoms with van der Waals surface area (Å²) in [6, 6.07) is 0. The van der Waals surface area contributed by atoms with E-state index in [1.165, 1.54) is 6.42 Å². The lowest BCUT2D eigenvalue weighted by Crippen LogP contribution is -2.56. The number of ether oxygens (including phenoxy) is 1. The Morgan fingerprint density at radius 1 is 1.35 bits per heavy atom. The van der Waals surface area contributed by atoms with Crippen LogP contribution in [-0.4, -0.2) is 31.1 Å². The highest BCUT2D eigenvalue weighted by atomic mass is 35.5. The fourth-order valence-corrected chi connectivity index (χ4v) is 6.08. The zero-order chi connectivity index (χ0) is 16.1. The molecular formula is C16H23ClN4O2. The van der Waals surface area contributed by atoms with Gasteiger partial charge in [-0.15, -0.1) is 16.7 Å². The zero-order valence-corrected chi connectivity index (χ0v) is 14.3. The molecule has 1 heterocycles. The molecule has 126 valence electrons. The summed E-state index contributed by atoms with van der Waals surface area (Å²) in [5.74, 6) is 1.70. The molecule has 0 aliphatic heterocycles. The van der Waals surface area contributed by atoms with Crippen LogP contribution in [0.3, 0.4) is 0 Å². The topological polar surface area (TPSA) is 69.9 Å². The minimum Gasteiger partial charge on any atom is -0.457 e. The third-order valence-corrected chi connectivity index (χ3v) is 6.24. The summed E-state index contributed by atoms with van der Waals surface area (Å²) in [5.41, 5.74) is -0.366. The molecule has 0 saturated heterocycles. The van der Waals surface area contributed by atoms with Gasteiger partial charge in [0, 0.05) is 11.4 Å². The van der Waals surface area contributed by atoms with Gasteiger partial charge in [0.25, 0.3) is 0 Å². The van der Waals surface area contributed by atoms with Gasteiger partial charge in [0.1, 0.15) is 0 Å². The molecule has 23 heavy (non-hydrogen) atoms. The predicted molar refractivity (Wildman–Crippen MR) is 83.6 cm³/mol. The van der Waals surface area contributed by atoms with Crippen LogP contribution in [0.25, 0.3) is 0 Å². The first-order valence-electron chi connectivity index (χ1n) is 8.63. The fourth-order valence-electron chi connectivity index (χ4n) is 5.38. The Kier molecular flexibility index (Phi) is 3.63. The Hall–Kier alpha value is -1.17. The number of tetrazole rings is 1. The van der Waals surface area contributed by atoms with E-state index in [0.717, 1.165) is 45.1 Å². The number of hydrogen-bond donors (Lipinski definition) is 0. The Morgan fingerprint density at radius 3 is 2.74 bits per heavy atom. The van der Waals surface area contributed by atoms with E-state index in [0.29, 0.717) is 17.7 Å². The molecule has 1 aromatic rings. The quantitative estimate of drug-likeness (QED) is 0.610. The molecule has 4 bridgehead atoms. The Balaban J connectivity index is 1.46. The van der Waals surface area contributed by atoms with Crippen molar-refractivity contribution in [2.75, 3.05) is 0 Å². The maximum atomic E-state index is 12.8. The van der Waals surface area contributed by atoms with Gasteiger partial charge >= 0.3 is 5.97 Å². The van der Waals surface area contributed by atoms with Gasteiger partial charge < -0.3 is 4.74 Å². The Morgan fingerprint density at radius 2 is 2.09 bits per heavy atom. The smallest absolute Gasteiger partial charge is 0.312 e. The molecule has 0 N–H and O–H groups in total. The summed E-state index contributed by atoms with van der Waals surface area (Å²) >= 11 is 6.79. The summed E-state index contributed by atoms with van der Waals surface area (Å²) < 4.78 is 7.35. The summed E-state index contributed by atoms with van der Waals surface area (Å²) in [6.07, 6.45) is 6.96. The number of carbonyl (C=O) groups excluding carboxylic acids is 1. The van der Waals surface area contributed by atoms with Crippen molar-refractivity contribution in [1.82, 2.24) is 20.2 Å². The minimum absolute atomic E-state index is 0.0947. The van der Waals surface area contributed by atoms with E-state index in [2.05, 4.69) is 22.4 Å². The van der Waals surface area contributed by atoms with Crippen LogP contribution < -0.4 is 0 Å². The Bertz CT molecular complexity index is 603. The molecule has 0 aromatic carbocycles. The largest absolute Gasteiger partial charge is 0.457 e. The standard InChI is InChI=1S/C16H23ClN4O2/c1-2-3-21-13(18-19-20-21)9-23-14(22)15-5-11-4-12(6-15)8-16(17,7-11)10-15/h11-12H,2-10H2,1H3/t11-,12-,15?,16?/m1/s1. The zero-order valence-electron chi connectivity index (χ0n) is 13.5. The molecule has 0 spiro atoms. The number of aryl methyl sites for hydroxylation is 1. The normalized spacial score (nSPS) is 38.0. The number of hydrogen-bond acceptors (Lipinski definition) is 5. The van der Waals surface area contributed by atoms with E-state index in [-0.39, 0.29) is 22.9 Å². The molecule has 4 saturated carbocycles. The van der Waals surface area contributed by atoms with Crippen LogP contribution in [0.1, 0.15) is 57.7 Å². The molecule has 0 radical (unpaired) electrons. The van der Waals surface area contributed by atoms with E-state index in [9.17, 15) is 4.79 Å². The number of esters is 1. The van der Waals surface area contributed by atoms with Crippen molar-refractivity contribution in [3.63, 3.8) is 0 Å². The van der Waals surface area contributed by atoms with Crippen LogP contribution >= 0.6 is 11.6 Å². The highest BCUT2D eigenvalue weighted by molar-refractivity contribution is 6.24. The first-order chi connectivity index (χ1) is 11.0. The van der Waals surface area contributed by atoms with Crippen molar-refractivity contribution in [3.8, 4) is 0 Å². The van der Waals surface area contributed by atoms with Crippen LogP contribution in [0.15, 0.2) is 0 Å². The second-order valence-corrected chi connectivity index (χ2v) is 8.59. The van der Waals surface area contributed by atoms with Gasteiger partial charge in [0.05, 0.1) is 5.41 Å². The van der Waals surface area contributed by atoms with Gasteiger partial charge in [-0.1, -0.05) is 6.92 Å². The van der Waals surface area contributed by atoms with Gasteiger partial charge in [-0.25, -0.2) is 4.68 Å². The van der Waals surface area contributed by atoms with E-state index < -0.39 is 0 Å². The molecule has 6 nitrogen and oxygen atoms in total. The van der Waals surface area contributed by atoms with Gasteiger partial charge in [-0.05, 0) is 67.2 Å². The summed E-state index contributed by atoms with van der Waals surface area (Å²) in [5, 5.41) is 11.6. The van der Waals surface area contributed by atoms with Gasteiger partial charge in [0.15, 0.2) is 12.4 Å². The highest BCUT2D eigenvalue weighted by Gasteiger charge is 2.60. The highest BCUT2D eigenvalue weighted by Crippen LogP contribution is 2.64. The van der Waals surface area contributed by atoms with Crippen LogP contribution in [0.4, 0.5) is 0 Å². The molecular weight excluding hydrogens is 316 g/mol. The van der Waals surface area contributed by atoms with Crippen LogP contribution in [0.5, 0.6) is 0 Å². The average Bonchev–Trinajstić information content (AvgIpc) is 2.90. The van der Waals surface area contributed by atoms with Gasteiger partial charge in [-0.3, -0.25) is 4.79 Å². The monoisotopic (exact) mass is 338 g/mol. The molecule has 4 aliphatic carbocycles. The van der Waals surface area contributed by atoms with Gasteiger partial charge in [-0.2, -0.15) is 0 Å². The van der Waals surface area contributed by atoms with Crippen molar-refractivity contribution >= 4 is 17.6 Å². The predicted octanol–water partition coefficient (Wildman–Crippen LogP) is 2.70. The van der Waals surface area contributed by atoms with E-state index >= 15 is 0 Å². The van der Waals surface area contributed by atoms with Crippen molar-refractivity contribution < 1.29 is 9.53 Å². The number of nitrogens with zero attached hydrogens (tertiary/aromatic N) is 4. The molecule has 5 rings (SSSR count). The first-order valence-corrected chi connectivity index (χ1v) is 9.01. The maximum Gasteiger partial charge on any atom is 0.312 e. The fraction of sp³-hybridized carbons (Fsp3) is 0.875. The molecule has 4 aliphatic rings. The molecule has 1 aromatic heterocycles. The first kappa shape index (κ1) is 15.4. The third-order valence-electron chi connectivity index (χ3n) is 5.80. The van der Waals surface area contributed by atoms with E-state index in [1.807, 2.05) is 0 Å². The van der Waals surface area contributed by atoms with Crippen LogP contribution in [0.2, 0.25) is 0 Å². The van der Waals surface area contributed by atoms with E-state index in [1.54, 1.807) is 4.68 Å². The molecule has 2 atom stereocenters. The number of rotatable bonds is 5. The lowest BCUT2D eigenvalue weighted by atomic mass is 9.49. The van der Waals surface area contributed by atoms with Crippen molar-refractivity contribution in [1.29, 1.82) is 0 Å². The number of aromatic nitrogens is 4. The second kappa shape index (κ2) is 5.43. The molecule has 0 unspecified atom stereocenters. The minimum atomic E-state index is -0.366. The number of carbonyl (C=O) groups is 1. The van der Waals surface area contributed by atoms with E-state index in [4.69, 9.17) is 16.3 Å². The number of halogens is 1. The average molecular weight is 339 g/mol. The maximum absolute atomic E-state index is 12.8. The lowest BCUT2D eigenvalue weighted by Gasteiger charge is -2.58. The van der Waals surface area contributed by atoms with Crippen LogP contribution in [-0.2, 0) is 22.7 Å². The van der Waals surface area contributed by atoms with Crippen molar-refractivity contribution in [3.05, 3.63) is 5.82 Å². The van der Waals surface area contributed by atoms with Gasteiger partial charge in [0.2, 0.25) is 0 Å². The lowest BCUT2D eigenvalue weighted by molar-refractivity contribution is -0.171. The Labute approximate surface area is 140 Å². The number of alkyl halides is 1. The summed E-state index contributed by atoms with van der Waals surface area (Å²) in [7, 11) is 0. The molecule has 0 amide bonds. The van der Waals surface area contributed by atoms with Crippen LogP contribution in [0, 0.1) is 17.3 Å². The van der Waals surface area contributed by atoms with Crippen molar-refractivity contribution in [2.45, 2.75) is 69.9 Å². The second-order valence-electron chi connectivity index (χ2n) is 7.79. The molecule has 4 fully saturated rings. The third kappa shape index (κ3) is 2.65. The summed E-state index contributed by atoms with van der Waals surface area (Å²) in [6.45, 7) is 2.95. The summed E-state index contributed by atoms with van der Waals surface area (Å²) in [4.78, 5) is 12.7. The van der Waals surface area contributed by atoms with Crippen molar-refractivity contribution in [2.24, 2.45) is 17.3 Å². The molecule has 7 heteroatoms. The SMILES string of the molecule is CCCn1nnnc1COC(=O)C12C[C@H]3C[C@@H](CC(Cl)(C3)C1)C2.